The number of carbonyl (C=O) groups is 1. The Morgan fingerprint density at radius 1 is 1.29 bits per heavy atom. The molecule has 0 radical (unpaired) electrons. The Hall–Kier alpha value is -2.04. The molecule has 0 aliphatic heterocycles. The van der Waals surface area contributed by atoms with Crippen LogP contribution in [0, 0.1) is 12.3 Å². The van der Waals surface area contributed by atoms with Crippen LogP contribution < -0.4 is 5.73 Å². The van der Waals surface area contributed by atoms with Crippen LogP contribution >= 0.6 is 23.2 Å². The van der Waals surface area contributed by atoms with Crippen LogP contribution in [0.5, 0.6) is 5.75 Å². The number of hydrogen-bond donors (Lipinski definition) is 3. The summed E-state index contributed by atoms with van der Waals surface area (Å²) in [6.45, 7) is 1.92. The van der Waals surface area contributed by atoms with Gasteiger partial charge in [0.2, 0.25) is 5.91 Å². The summed E-state index contributed by atoms with van der Waals surface area (Å²) < 4.78 is 0. The maximum absolute atomic E-state index is 10.6. The van der Waals surface area contributed by atoms with Gasteiger partial charge in [0.05, 0.1) is 5.02 Å². The van der Waals surface area contributed by atoms with Gasteiger partial charge >= 0.3 is 0 Å². The lowest BCUT2D eigenvalue weighted by molar-refractivity contribution is 0.1000. The van der Waals surface area contributed by atoms with Crippen molar-refractivity contribution in [2.45, 2.75) is 6.92 Å². The summed E-state index contributed by atoms with van der Waals surface area (Å²) >= 11 is 11.2. The fraction of sp³-hybridized carbons (Fsp3) is 0.0667. The number of aryl methyl sites for hydroxylation is 1. The van der Waals surface area contributed by atoms with Crippen LogP contribution in [0.4, 0.5) is 0 Å². The number of hydrogen-bond acceptors (Lipinski definition) is 3. The minimum Gasteiger partial charge on any atom is -0.506 e. The van der Waals surface area contributed by atoms with Gasteiger partial charge in [0, 0.05) is 22.4 Å². The molecule has 4 N–H and O–H groups in total. The van der Waals surface area contributed by atoms with E-state index in [1.165, 1.54) is 12.1 Å². The van der Waals surface area contributed by atoms with Crippen molar-refractivity contribution in [3.8, 4) is 5.75 Å². The van der Waals surface area contributed by atoms with E-state index in [0.717, 1.165) is 11.8 Å². The minimum absolute atomic E-state index is 0.105. The van der Waals surface area contributed by atoms with E-state index < -0.39 is 0 Å². The lowest BCUT2D eigenvalue weighted by Crippen LogP contribution is -2.10. The molecule has 110 valence electrons. The Kier molecular flexibility index (Phi) is 6.21. The van der Waals surface area contributed by atoms with Crippen molar-refractivity contribution >= 4 is 35.3 Å². The van der Waals surface area contributed by atoms with Crippen LogP contribution in [0.15, 0.2) is 36.4 Å². The number of benzene rings is 2. The van der Waals surface area contributed by atoms with Gasteiger partial charge in [0.15, 0.2) is 0 Å². The molecule has 0 bridgehead atoms. The summed E-state index contributed by atoms with van der Waals surface area (Å²) in [5, 5.41) is 16.6. The lowest BCUT2D eigenvalue weighted by atomic mass is 10.1. The Labute approximate surface area is 132 Å². The fourth-order valence-electron chi connectivity index (χ4n) is 1.49. The maximum Gasteiger partial charge on any atom is 0.248 e. The average Bonchev–Trinajstić information content (AvgIpc) is 2.43. The van der Waals surface area contributed by atoms with Gasteiger partial charge in [-0.2, -0.15) is 0 Å². The second kappa shape index (κ2) is 7.67. The van der Waals surface area contributed by atoms with E-state index >= 15 is 0 Å². The molecule has 1 amide bonds. The molecule has 0 unspecified atom stereocenters. The third kappa shape index (κ3) is 5.10. The third-order valence-electron chi connectivity index (χ3n) is 2.52. The van der Waals surface area contributed by atoms with Gasteiger partial charge in [-0.25, -0.2) is 0 Å². The quantitative estimate of drug-likeness (QED) is 0.734. The predicted molar refractivity (Wildman–Crippen MR) is 85.7 cm³/mol. The van der Waals surface area contributed by atoms with Crippen LogP contribution in [0.2, 0.25) is 10.0 Å². The predicted octanol–water partition coefficient (Wildman–Crippen LogP) is 3.79. The number of primary amides is 1. The molecule has 0 atom stereocenters. The summed E-state index contributed by atoms with van der Waals surface area (Å²) in [5.41, 5.74) is 6.99. The number of phenols is 1. The molecule has 0 heterocycles. The molecule has 0 fully saturated rings. The molecule has 0 aliphatic carbocycles. The number of rotatable bonds is 2. The maximum atomic E-state index is 10.6. The summed E-state index contributed by atoms with van der Waals surface area (Å²) in [6, 6.07) is 10.1. The fourth-order valence-corrected chi connectivity index (χ4v) is 2.00. The van der Waals surface area contributed by atoms with E-state index in [4.69, 9.17) is 34.3 Å². The number of halogens is 2. The molecule has 2 aromatic carbocycles. The molecule has 0 aromatic heterocycles. The number of carbonyl (C=O) groups excluding carboxylic acids is 1. The molecule has 6 heteroatoms. The summed E-state index contributed by atoms with van der Waals surface area (Å²) in [6.07, 6.45) is 0.993. The van der Waals surface area contributed by atoms with Crippen molar-refractivity contribution in [2.24, 2.45) is 5.73 Å². The Bertz CT molecular complexity index is 673. The number of amides is 1. The Morgan fingerprint density at radius 2 is 1.95 bits per heavy atom. The molecule has 4 nitrogen and oxygen atoms in total. The minimum atomic E-state index is -0.372. The van der Waals surface area contributed by atoms with Crippen molar-refractivity contribution in [3.63, 3.8) is 0 Å². The van der Waals surface area contributed by atoms with Crippen LogP contribution in [-0.4, -0.2) is 17.2 Å². The highest BCUT2D eigenvalue weighted by Crippen LogP contribution is 2.29. The van der Waals surface area contributed by atoms with Crippen molar-refractivity contribution in [2.75, 3.05) is 0 Å². The van der Waals surface area contributed by atoms with Gasteiger partial charge in [0.25, 0.3) is 0 Å². The molecular weight excluding hydrogens is 311 g/mol. The first-order chi connectivity index (χ1) is 9.85. The SMILES string of the molecule is Cc1cccc(C(N)=O)c1.N=Cc1cc(Cl)cc(Cl)c1O. The highest BCUT2D eigenvalue weighted by Gasteiger charge is 2.04. The van der Waals surface area contributed by atoms with Crippen LogP contribution in [0.1, 0.15) is 21.5 Å². The van der Waals surface area contributed by atoms with Crippen LogP contribution in [0.25, 0.3) is 0 Å². The van der Waals surface area contributed by atoms with Crippen molar-refractivity contribution < 1.29 is 9.90 Å². The first kappa shape index (κ1) is 17.0. The van der Waals surface area contributed by atoms with E-state index in [9.17, 15) is 9.90 Å². The number of aromatic hydroxyl groups is 1. The van der Waals surface area contributed by atoms with Gasteiger partial charge < -0.3 is 16.2 Å². The van der Waals surface area contributed by atoms with Gasteiger partial charge in [0.1, 0.15) is 5.75 Å². The van der Waals surface area contributed by atoms with E-state index in [-0.39, 0.29) is 16.7 Å². The molecule has 0 aliphatic rings. The number of phenolic OH excluding ortho intramolecular Hbond substituents is 1. The topological polar surface area (TPSA) is 87.2 Å². The molecule has 2 rings (SSSR count). The molecular formula is C15H14Cl2N2O2. The molecule has 21 heavy (non-hydrogen) atoms. The van der Waals surface area contributed by atoms with E-state index in [1.807, 2.05) is 19.1 Å². The summed E-state index contributed by atoms with van der Waals surface area (Å²) in [5.74, 6) is -0.477. The zero-order valence-electron chi connectivity index (χ0n) is 11.2. The van der Waals surface area contributed by atoms with Gasteiger partial charge in [-0.3, -0.25) is 4.79 Å². The second-order valence-corrected chi connectivity index (χ2v) is 5.05. The second-order valence-electron chi connectivity index (χ2n) is 4.20. The van der Waals surface area contributed by atoms with E-state index in [0.29, 0.717) is 16.1 Å². The van der Waals surface area contributed by atoms with Crippen LogP contribution in [0.3, 0.4) is 0 Å². The number of nitrogens with one attached hydrogen (secondary N) is 1. The number of nitrogens with two attached hydrogens (primary N) is 1. The van der Waals surface area contributed by atoms with Crippen molar-refractivity contribution in [1.29, 1.82) is 5.41 Å². The van der Waals surface area contributed by atoms with E-state index in [2.05, 4.69) is 0 Å². The molecule has 0 saturated heterocycles. The lowest BCUT2D eigenvalue weighted by Gasteiger charge is -2.00. The van der Waals surface area contributed by atoms with Gasteiger partial charge in [-0.1, -0.05) is 40.9 Å². The smallest absolute Gasteiger partial charge is 0.248 e. The Morgan fingerprint density at radius 3 is 2.43 bits per heavy atom. The average molecular weight is 325 g/mol. The van der Waals surface area contributed by atoms with Crippen LogP contribution in [-0.2, 0) is 0 Å². The first-order valence-corrected chi connectivity index (χ1v) is 6.65. The van der Waals surface area contributed by atoms with Gasteiger partial charge in [-0.15, -0.1) is 0 Å². The van der Waals surface area contributed by atoms with Crippen molar-refractivity contribution in [1.82, 2.24) is 0 Å². The highest BCUT2D eigenvalue weighted by atomic mass is 35.5. The largest absolute Gasteiger partial charge is 0.506 e. The highest BCUT2D eigenvalue weighted by molar-refractivity contribution is 6.36. The zero-order chi connectivity index (χ0) is 16.0. The van der Waals surface area contributed by atoms with Gasteiger partial charge in [-0.05, 0) is 31.2 Å². The monoisotopic (exact) mass is 324 g/mol. The first-order valence-electron chi connectivity index (χ1n) is 5.90. The van der Waals surface area contributed by atoms with E-state index in [1.54, 1.807) is 12.1 Å². The summed E-state index contributed by atoms with van der Waals surface area (Å²) in [4.78, 5) is 10.6. The summed E-state index contributed by atoms with van der Waals surface area (Å²) in [7, 11) is 0. The third-order valence-corrected chi connectivity index (χ3v) is 3.02. The Balaban J connectivity index is 0.000000211. The van der Waals surface area contributed by atoms with Crippen molar-refractivity contribution in [3.05, 3.63) is 63.1 Å². The standard InChI is InChI=1S/C8H9NO.C7H5Cl2NO/c1-6-3-2-4-7(5-6)8(9)10;8-5-1-4(3-10)7(11)6(9)2-5/h2-5H,1H3,(H2,9,10);1-3,10-11H. The molecule has 2 aromatic rings. The molecule has 0 saturated carbocycles. The zero-order valence-corrected chi connectivity index (χ0v) is 12.7. The normalized spacial score (nSPS) is 9.48. The molecule has 0 spiro atoms.